The fourth-order valence-electron chi connectivity index (χ4n) is 3.50. The van der Waals surface area contributed by atoms with Crippen LogP contribution >= 0.6 is 0 Å². The van der Waals surface area contributed by atoms with Gasteiger partial charge in [0.2, 0.25) is 0 Å². The van der Waals surface area contributed by atoms with Crippen molar-refractivity contribution in [3.63, 3.8) is 0 Å². The first-order valence-electron chi connectivity index (χ1n) is 9.98. The van der Waals surface area contributed by atoms with E-state index in [0.29, 0.717) is 0 Å². The van der Waals surface area contributed by atoms with Gasteiger partial charge in [-0.15, -0.1) is 0 Å². The molecule has 0 aliphatic carbocycles. The molecule has 1 aliphatic heterocycles. The zero-order valence-corrected chi connectivity index (χ0v) is 16.5. The summed E-state index contributed by atoms with van der Waals surface area (Å²) in [5.41, 5.74) is 6.33. The van der Waals surface area contributed by atoms with Gasteiger partial charge in [0, 0.05) is 32.7 Å². The molecular formula is C25H27N3. The average Bonchev–Trinajstić information content (AvgIpc) is 2.76. The highest BCUT2D eigenvalue weighted by atomic mass is 15.5. The SMILES string of the molecule is Cc1ccc(CN2CCN(/N=C/c3ccc(-c4ccccc4)cc3)CC2)cc1. The van der Waals surface area contributed by atoms with Crippen LogP contribution in [0.4, 0.5) is 0 Å². The van der Waals surface area contributed by atoms with E-state index in [2.05, 4.69) is 89.6 Å². The Morgan fingerprint density at radius 1 is 0.750 bits per heavy atom. The van der Waals surface area contributed by atoms with Crippen molar-refractivity contribution < 1.29 is 0 Å². The molecule has 0 atom stereocenters. The number of benzene rings is 3. The standard InChI is InChI=1S/C25H27N3/c1-21-7-9-23(10-8-21)20-27-15-17-28(18-16-27)26-19-22-11-13-25(14-12-22)24-5-3-2-4-6-24/h2-14,19H,15-18,20H2,1H3/b26-19+. The van der Waals surface area contributed by atoms with E-state index in [9.17, 15) is 0 Å². The fraction of sp³-hybridized carbons (Fsp3) is 0.240. The molecule has 142 valence electrons. The number of piperazine rings is 1. The van der Waals surface area contributed by atoms with Crippen molar-refractivity contribution in [2.45, 2.75) is 13.5 Å². The van der Waals surface area contributed by atoms with Crippen LogP contribution in [0.15, 0.2) is 84.0 Å². The number of nitrogens with zero attached hydrogens (tertiary/aromatic N) is 3. The third-order valence-electron chi connectivity index (χ3n) is 5.26. The Morgan fingerprint density at radius 2 is 1.39 bits per heavy atom. The molecule has 28 heavy (non-hydrogen) atoms. The highest BCUT2D eigenvalue weighted by Gasteiger charge is 2.15. The molecule has 1 saturated heterocycles. The molecule has 0 N–H and O–H groups in total. The summed E-state index contributed by atoms with van der Waals surface area (Å²) in [4.78, 5) is 2.51. The van der Waals surface area contributed by atoms with E-state index >= 15 is 0 Å². The van der Waals surface area contributed by atoms with E-state index in [-0.39, 0.29) is 0 Å². The summed E-state index contributed by atoms with van der Waals surface area (Å²) in [6.07, 6.45) is 1.98. The maximum atomic E-state index is 4.69. The summed E-state index contributed by atoms with van der Waals surface area (Å²) in [5, 5.41) is 6.87. The summed E-state index contributed by atoms with van der Waals surface area (Å²) in [7, 11) is 0. The third kappa shape index (κ3) is 4.87. The first-order chi connectivity index (χ1) is 13.8. The Balaban J connectivity index is 1.28. The van der Waals surface area contributed by atoms with Crippen molar-refractivity contribution in [3.8, 4) is 11.1 Å². The average molecular weight is 370 g/mol. The van der Waals surface area contributed by atoms with Crippen LogP contribution in [0.5, 0.6) is 0 Å². The van der Waals surface area contributed by atoms with Gasteiger partial charge in [-0.25, -0.2) is 0 Å². The van der Waals surface area contributed by atoms with Crippen molar-refractivity contribution in [2.75, 3.05) is 26.2 Å². The minimum absolute atomic E-state index is 0.977. The normalized spacial score (nSPS) is 15.2. The Hall–Kier alpha value is -2.91. The number of hydrogen-bond acceptors (Lipinski definition) is 3. The first kappa shape index (κ1) is 18.5. The predicted molar refractivity (Wildman–Crippen MR) is 118 cm³/mol. The van der Waals surface area contributed by atoms with E-state index in [1.807, 2.05) is 12.3 Å². The summed E-state index contributed by atoms with van der Waals surface area (Å²) in [6.45, 7) is 7.22. The van der Waals surface area contributed by atoms with Crippen LogP contribution in [-0.2, 0) is 6.54 Å². The Labute approximate surface area is 167 Å². The molecular weight excluding hydrogens is 342 g/mol. The van der Waals surface area contributed by atoms with Crippen LogP contribution in [-0.4, -0.2) is 42.3 Å². The summed E-state index contributed by atoms with van der Waals surface area (Å²) >= 11 is 0. The molecule has 0 aromatic heterocycles. The molecule has 0 spiro atoms. The molecule has 0 bridgehead atoms. The van der Waals surface area contributed by atoms with Gasteiger partial charge in [-0.2, -0.15) is 5.10 Å². The van der Waals surface area contributed by atoms with Gasteiger partial charge in [0.15, 0.2) is 0 Å². The predicted octanol–water partition coefficient (Wildman–Crippen LogP) is 4.81. The van der Waals surface area contributed by atoms with Crippen LogP contribution in [0.1, 0.15) is 16.7 Å². The minimum Gasteiger partial charge on any atom is -0.295 e. The van der Waals surface area contributed by atoms with E-state index in [1.54, 1.807) is 0 Å². The lowest BCUT2D eigenvalue weighted by atomic mass is 10.0. The van der Waals surface area contributed by atoms with Gasteiger partial charge in [0.25, 0.3) is 0 Å². The Morgan fingerprint density at radius 3 is 2.07 bits per heavy atom. The molecule has 3 heteroatoms. The van der Waals surface area contributed by atoms with Gasteiger partial charge in [0.1, 0.15) is 0 Å². The second-order valence-corrected chi connectivity index (χ2v) is 7.45. The van der Waals surface area contributed by atoms with E-state index in [0.717, 1.165) is 38.3 Å². The topological polar surface area (TPSA) is 18.8 Å². The van der Waals surface area contributed by atoms with E-state index < -0.39 is 0 Å². The fourth-order valence-corrected chi connectivity index (χ4v) is 3.50. The van der Waals surface area contributed by atoms with E-state index in [4.69, 9.17) is 5.10 Å². The number of hydrazone groups is 1. The molecule has 3 nitrogen and oxygen atoms in total. The highest BCUT2D eigenvalue weighted by molar-refractivity contribution is 5.80. The zero-order valence-electron chi connectivity index (χ0n) is 16.5. The van der Waals surface area contributed by atoms with Crippen molar-refractivity contribution in [3.05, 3.63) is 95.6 Å². The van der Waals surface area contributed by atoms with Crippen molar-refractivity contribution in [1.29, 1.82) is 0 Å². The lowest BCUT2D eigenvalue weighted by Crippen LogP contribution is -2.43. The van der Waals surface area contributed by atoms with Crippen LogP contribution in [0.3, 0.4) is 0 Å². The monoisotopic (exact) mass is 369 g/mol. The third-order valence-corrected chi connectivity index (χ3v) is 5.26. The maximum absolute atomic E-state index is 4.69. The second-order valence-electron chi connectivity index (χ2n) is 7.45. The van der Waals surface area contributed by atoms with Gasteiger partial charge >= 0.3 is 0 Å². The zero-order chi connectivity index (χ0) is 19.2. The molecule has 0 amide bonds. The molecule has 0 unspecified atom stereocenters. The van der Waals surface area contributed by atoms with Gasteiger partial charge in [0.05, 0.1) is 6.21 Å². The van der Waals surface area contributed by atoms with Crippen molar-refractivity contribution in [2.24, 2.45) is 5.10 Å². The van der Waals surface area contributed by atoms with Crippen LogP contribution in [0, 0.1) is 6.92 Å². The largest absolute Gasteiger partial charge is 0.295 e. The lowest BCUT2D eigenvalue weighted by Gasteiger charge is -2.33. The summed E-state index contributed by atoms with van der Waals surface area (Å²) in [6, 6.07) is 27.9. The van der Waals surface area contributed by atoms with Crippen LogP contribution < -0.4 is 0 Å². The first-order valence-corrected chi connectivity index (χ1v) is 9.98. The highest BCUT2D eigenvalue weighted by Crippen LogP contribution is 2.18. The van der Waals surface area contributed by atoms with Gasteiger partial charge in [-0.1, -0.05) is 84.4 Å². The lowest BCUT2D eigenvalue weighted by molar-refractivity contribution is 0.131. The molecule has 1 heterocycles. The van der Waals surface area contributed by atoms with Gasteiger partial charge < -0.3 is 0 Å². The molecule has 0 radical (unpaired) electrons. The smallest absolute Gasteiger partial charge is 0.0542 e. The molecule has 1 fully saturated rings. The minimum atomic E-state index is 0.977. The van der Waals surface area contributed by atoms with E-state index in [1.165, 1.54) is 22.3 Å². The number of hydrogen-bond donors (Lipinski definition) is 0. The summed E-state index contributed by atoms with van der Waals surface area (Å²) in [5.74, 6) is 0. The molecule has 4 rings (SSSR count). The Bertz CT molecular complexity index is 891. The van der Waals surface area contributed by atoms with Crippen molar-refractivity contribution >= 4 is 6.21 Å². The quantitative estimate of drug-likeness (QED) is 0.601. The molecule has 0 saturated carbocycles. The molecule has 1 aliphatic rings. The van der Waals surface area contributed by atoms with Gasteiger partial charge in [-0.3, -0.25) is 9.91 Å². The van der Waals surface area contributed by atoms with Gasteiger partial charge in [-0.05, 0) is 29.2 Å². The second kappa shape index (κ2) is 8.85. The van der Waals surface area contributed by atoms with Crippen LogP contribution in [0.2, 0.25) is 0 Å². The summed E-state index contributed by atoms with van der Waals surface area (Å²) < 4.78 is 0. The van der Waals surface area contributed by atoms with Crippen molar-refractivity contribution in [1.82, 2.24) is 9.91 Å². The Kier molecular flexibility index (Phi) is 5.83. The number of rotatable bonds is 5. The maximum Gasteiger partial charge on any atom is 0.0542 e. The van der Waals surface area contributed by atoms with Crippen LogP contribution in [0.25, 0.3) is 11.1 Å². The molecule has 3 aromatic rings. The number of aryl methyl sites for hydroxylation is 1. The molecule has 3 aromatic carbocycles.